The molecule has 0 radical (unpaired) electrons. The van der Waals surface area contributed by atoms with E-state index in [0.717, 1.165) is 20.1 Å². The number of aromatic hydroxyl groups is 1. The van der Waals surface area contributed by atoms with Gasteiger partial charge in [-0.3, -0.25) is 4.79 Å². The Morgan fingerprint density at radius 3 is 2.52 bits per heavy atom. The Morgan fingerprint density at radius 2 is 1.92 bits per heavy atom. The second-order valence-electron chi connectivity index (χ2n) is 5.32. The van der Waals surface area contributed by atoms with Crippen LogP contribution in [0.25, 0.3) is 0 Å². The number of ether oxygens (including phenoxy) is 1. The van der Waals surface area contributed by atoms with Crippen LogP contribution in [-0.2, 0) is 4.79 Å². The topological polar surface area (TPSA) is 70.9 Å². The minimum Gasteiger partial charge on any atom is -0.508 e. The number of phenolic OH excluding ortho intramolecular Hbond substituents is 1. The SMILES string of the molecule is CC/C(=N\NC(=O)COc1c(C)cc(Br)cc1Br)c1ccc(O)cc1. The number of nitrogens with one attached hydrogen (secondary N) is 1. The highest BCUT2D eigenvalue weighted by molar-refractivity contribution is 9.11. The van der Waals surface area contributed by atoms with Gasteiger partial charge in [0.25, 0.3) is 5.91 Å². The molecule has 1 amide bonds. The first-order chi connectivity index (χ1) is 11.9. The Labute approximate surface area is 163 Å². The van der Waals surface area contributed by atoms with E-state index in [9.17, 15) is 9.90 Å². The molecule has 0 aliphatic rings. The summed E-state index contributed by atoms with van der Waals surface area (Å²) in [6.07, 6.45) is 0.642. The third-order valence-corrected chi connectivity index (χ3v) is 4.44. The first-order valence-electron chi connectivity index (χ1n) is 7.64. The van der Waals surface area contributed by atoms with Crippen molar-refractivity contribution in [1.82, 2.24) is 5.43 Å². The minimum atomic E-state index is -0.348. The highest BCUT2D eigenvalue weighted by atomic mass is 79.9. The first-order valence-corrected chi connectivity index (χ1v) is 9.22. The predicted molar refractivity (Wildman–Crippen MR) is 105 cm³/mol. The minimum absolute atomic E-state index is 0.142. The van der Waals surface area contributed by atoms with E-state index < -0.39 is 0 Å². The normalized spacial score (nSPS) is 11.3. The van der Waals surface area contributed by atoms with E-state index >= 15 is 0 Å². The van der Waals surface area contributed by atoms with E-state index in [0.29, 0.717) is 17.9 Å². The molecule has 0 atom stereocenters. The van der Waals surface area contributed by atoms with Crippen molar-refractivity contribution >= 4 is 43.5 Å². The van der Waals surface area contributed by atoms with Gasteiger partial charge in [0.05, 0.1) is 10.2 Å². The number of amides is 1. The number of nitrogens with zero attached hydrogens (tertiary/aromatic N) is 1. The van der Waals surface area contributed by atoms with Crippen LogP contribution >= 0.6 is 31.9 Å². The van der Waals surface area contributed by atoms with Crippen molar-refractivity contribution in [2.45, 2.75) is 20.3 Å². The van der Waals surface area contributed by atoms with Gasteiger partial charge in [-0.25, -0.2) is 5.43 Å². The molecule has 2 rings (SSSR count). The van der Waals surface area contributed by atoms with Crippen LogP contribution in [0.15, 0.2) is 50.4 Å². The molecule has 2 aromatic rings. The van der Waals surface area contributed by atoms with Gasteiger partial charge >= 0.3 is 0 Å². The van der Waals surface area contributed by atoms with Crippen molar-refractivity contribution in [2.75, 3.05) is 6.61 Å². The molecule has 0 heterocycles. The van der Waals surface area contributed by atoms with Gasteiger partial charge in [0.2, 0.25) is 0 Å². The fourth-order valence-corrected chi connectivity index (χ4v) is 3.73. The maximum atomic E-state index is 12.0. The summed E-state index contributed by atoms with van der Waals surface area (Å²) in [5.41, 5.74) is 4.97. The van der Waals surface area contributed by atoms with Gasteiger partial charge in [-0.15, -0.1) is 0 Å². The van der Waals surface area contributed by atoms with Crippen molar-refractivity contribution in [1.29, 1.82) is 0 Å². The van der Waals surface area contributed by atoms with Gasteiger partial charge < -0.3 is 9.84 Å². The van der Waals surface area contributed by atoms with Crippen molar-refractivity contribution in [3.8, 4) is 11.5 Å². The number of phenols is 1. The van der Waals surface area contributed by atoms with Crippen LogP contribution in [0.5, 0.6) is 11.5 Å². The number of halogens is 2. The molecule has 0 saturated carbocycles. The summed E-state index contributed by atoms with van der Waals surface area (Å²) < 4.78 is 7.29. The Bertz CT molecular complexity index is 766. The summed E-state index contributed by atoms with van der Waals surface area (Å²) >= 11 is 6.83. The van der Waals surface area contributed by atoms with E-state index in [4.69, 9.17) is 4.74 Å². The Hall–Kier alpha value is -1.86. The molecular formula is C18H18Br2N2O3. The molecule has 2 N–H and O–H groups in total. The number of carbonyl (C=O) groups is 1. The average Bonchev–Trinajstić information content (AvgIpc) is 2.56. The van der Waals surface area contributed by atoms with Crippen LogP contribution in [0, 0.1) is 6.92 Å². The summed E-state index contributed by atoms with van der Waals surface area (Å²) in [6.45, 7) is 3.70. The zero-order valence-electron chi connectivity index (χ0n) is 13.8. The Morgan fingerprint density at radius 1 is 1.24 bits per heavy atom. The maximum absolute atomic E-state index is 12.0. The maximum Gasteiger partial charge on any atom is 0.277 e. The van der Waals surface area contributed by atoms with Crippen LogP contribution in [0.1, 0.15) is 24.5 Å². The molecule has 7 heteroatoms. The van der Waals surface area contributed by atoms with Gasteiger partial charge in [-0.05, 0) is 76.8 Å². The van der Waals surface area contributed by atoms with Gasteiger partial charge in [0.15, 0.2) is 6.61 Å². The fourth-order valence-electron chi connectivity index (χ4n) is 2.17. The Kier molecular flexibility index (Phi) is 7.01. The lowest BCUT2D eigenvalue weighted by Crippen LogP contribution is -2.26. The molecule has 0 unspecified atom stereocenters. The lowest BCUT2D eigenvalue weighted by molar-refractivity contribution is -0.123. The van der Waals surface area contributed by atoms with E-state index in [1.165, 1.54) is 0 Å². The van der Waals surface area contributed by atoms with E-state index in [2.05, 4.69) is 42.4 Å². The number of benzene rings is 2. The van der Waals surface area contributed by atoms with Crippen LogP contribution in [0.2, 0.25) is 0 Å². The van der Waals surface area contributed by atoms with Crippen molar-refractivity contribution < 1.29 is 14.6 Å². The van der Waals surface area contributed by atoms with Crippen molar-refractivity contribution in [2.24, 2.45) is 5.10 Å². The lowest BCUT2D eigenvalue weighted by Gasteiger charge is -2.11. The number of aryl methyl sites for hydroxylation is 1. The average molecular weight is 470 g/mol. The molecule has 0 aliphatic carbocycles. The molecule has 0 saturated heterocycles. The monoisotopic (exact) mass is 468 g/mol. The second-order valence-corrected chi connectivity index (χ2v) is 7.09. The second kappa shape index (κ2) is 9.01. The van der Waals surface area contributed by atoms with Gasteiger partial charge in [-0.2, -0.15) is 5.10 Å². The molecular weight excluding hydrogens is 452 g/mol. The number of hydrogen-bond donors (Lipinski definition) is 2. The predicted octanol–water partition coefficient (Wildman–Crippen LogP) is 4.53. The van der Waals surface area contributed by atoms with Gasteiger partial charge in [0.1, 0.15) is 11.5 Å². The number of carbonyl (C=O) groups excluding carboxylic acids is 1. The third-order valence-electron chi connectivity index (χ3n) is 3.39. The van der Waals surface area contributed by atoms with E-state index in [-0.39, 0.29) is 18.3 Å². The van der Waals surface area contributed by atoms with Crippen LogP contribution < -0.4 is 10.2 Å². The van der Waals surface area contributed by atoms with E-state index in [1.54, 1.807) is 24.3 Å². The molecule has 2 aromatic carbocycles. The summed E-state index contributed by atoms with van der Waals surface area (Å²) in [7, 11) is 0. The highest BCUT2D eigenvalue weighted by Crippen LogP contribution is 2.32. The molecule has 0 fully saturated rings. The summed E-state index contributed by atoms with van der Waals surface area (Å²) in [4.78, 5) is 12.0. The third kappa shape index (κ3) is 5.57. The van der Waals surface area contributed by atoms with Crippen molar-refractivity contribution in [3.05, 3.63) is 56.5 Å². The summed E-state index contributed by atoms with van der Waals surface area (Å²) in [6, 6.07) is 10.4. The van der Waals surface area contributed by atoms with Crippen LogP contribution in [0.4, 0.5) is 0 Å². The smallest absolute Gasteiger partial charge is 0.277 e. The number of hydrazone groups is 1. The zero-order valence-corrected chi connectivity index (χ0v) is 17.0. The molecule has 25 heavy (non-hydrogen) atoms. The molecule has 0 bridgehead atoms. The zero-order chi connectivity index (χ0) is 18.4. The van der Waals surface area contributed by atoms with Crippen molar-refractivity contribution in [3.63, 3.8) is 0 Å². The first kappa shape index (κ1) is 19.5. The summed E-state index contributed by atoms with van der Waals surface area (Å²) in [5, 5.41) is 13.5. The van der Waals surface area contributed by atoms with Crippen LogP contribution in [-0.4, -0.2) is 23.3 Å². The van der Waals surface area contributed by atoms with Crippen LogP contribution in [0.3, 0.4) is 0 Å². The molecule has 132 valence electrons. The molecule has 0 spiro atoms. The fraction of sp³-hybridized carbons (Fsp3) is 0.222. The molecule has 0 aromatic heterocycles. The quantitative estimate of drug-likeness (QED) is 0.482. The highest BCUT2D eigenvalue weighted by Gasteiger charge is 2.10. The molecule has 5 nitrogen and oxygen atoms in total. The lowest BCUT2D eigenvalue weighted by atomic mass is 10.1. The Balaban J connectivity index is 1.99. The number of rotatable bonds is 6. The van der Waals surface area contributed by atoms with Gasteiger partial charge in [0, 0.05) is 4.47 Å². The number of hydrogen-bond acceptors (Lipinski definition) is 4. The van der Waals surface area contributed by atoms with E-state index in [1.807, 2.05) is 26.0 Å². The largest absolute Gasteiger partial charge is 0.508 e. The molecule has 0 aliphatic heterocycles. The van der Waals surface area contributed by atoms with Gasteiger partial charge in [-0.1, -0.05) is 22.9 Å². The standard InChI is InChI=1S/C18H18Br2N2O3/c1-3-16(12-4-6-14(23)7-5-12)21-22-17(24)10-25-18-11(2)8-13(19)9-15(18)20/h4-9,23H,3,10H2,1-2H3,(H,22,24)/b21-16+. The summed E-state index contributed by atoms with van der Waals surface area (Å²) in [5.74, 6) is 0.461.